The van der Waals surface area contributed by atoms with Crippen molar-refractivity contribution < 1.29 is 9.18 Å². The van der Waals surface area contributed by atoms with Crippen LogP contribution in [0.3, 0.4) is 0 Å². The van der Waals surface area contributed by atoms with Crippen molar-refractivity contribution >= 4 is 57.1 Å². The van der Waals surface area contributed by atoms with Gasteiger partial charge in [0.1, 0.15) is 17.6 Å². The fourth-order valence-electron chi connectivity index (χ4n) is 7.31. The Morgan fingerprint density at radius 2 is 1.74 bits per heavy atom. The first-order valence-corrected chi connectivity index (χ1v) is 18.8. The van der Waals surface area contributed by atoms with Crippen LogP contribution in [-0.4, -0.2) is 67.4 Å². The molecule has 10 nitrogen and oxygen atoms in total. The second-order valence-electron chi connectivity index (χ2n) is 14.8. The van der Waals surface area contributed by atoms with Gasteiger partial charge in [-0.05, 0) is 101 Å². The number of likely N-dealkylation sites (tertiary alicyclic amines) is 2. The van der Waals surface area contributed by atoms with Gasteiger partial charge < -0.3 is 15.5 Å². The number of hydrogen-bond acceptors (Lipinski definition) is 8. The van der Waals surface area contributed by atoms with Crippen LogP contribution in [0.25, 0.3) is 10.9 Å². The molecule has 0 saturated carbocycles. The molecule has 0 radical (unpaired) electrons. The molecule has 2 aliphatic rings. The van der Waals surface area contributed by atoms with E-state index >= 15 is 0 Å². The average molecular weight is 755 g/mol. The minimum atomic E-state index is -0.549. The summed E-state index contributed by atoms with van der Waals surface area (Å²) in [5, 5.41) is 27.1. The minimum absolute atomic E-state index is 0.0139. The summed E-state index contributed by atoms with van der Waals surface area (Å²) in [5.41, 5.74) is 4.56. The molecule has 1 amide bonds. The smallest absolute Gasteiger partial charge is 0.253 e. The Kier molecular flexibility index (Phi) is 10.6. The highest BCUT2D eigenvalue weighted by Crippen LogP contribution is 2.38. The van der Waals surface area contributed by atoms with Gasteiger partial charge in [-0.2, -0.15) is 5.26 Å². The fourth-order valence-corrected chi connectivity index (χ4v) is 7.76. The summed E-state index contributed by atoms with van der Waals surface area (Å²) in [7, 11) is 0. The Bertz CT molecular complexity index is 2180. The Morgan fingerprint density at radius 3 is 2.45 bits per heavy atom. The maximum absolute atomic E-state index is 14.0. The molecule has 3 aromatic carbocycles. The van der Waals surface area contributed by atoms with Crippen molar-refractivity contribution in [2.45, 2.75) is 70.5 Å². The lowest BCUT2D eigenvalue weighted by Crippen LogP contribution is -2.46. The lowest BCUT2D eigenvalue weighted by atomic mass is 9.98. The van der Waals surface area contributed by atoms with Crippen molar-refractivity contribution in [2.24, 2.45) is 0 Å². The molecule has 13 heteroatoms. The van der Waals surface area contributed by atoms with Crippen molar-refractivity contribution in [1.82, 2.24) is 29.8 Å². The maximum Gasteiger partial charge on any atom is 0.253 e. The van der Waals surface area contributed by atoms with Crippen LogP contribution in [0.5, 0.6) is 0 Å². The number of carbonyl (C=O) groups is 1. The van der Waals surface area contributed by atoms with Crippen LogP contribution in [-0.2, 0) is 0 Å². The van der Waals surface area contributed by atoms with Crippen LogP contribution in [0.2, 0.25) is 10.0 Å². The molecule has 2 N–H and O–H groups in total. The Labute approximate surface area is 318 Å². The summed E-state index contributed by atoms with van der Waals surface area (Å²) in [6, 6.07) is 17.5. The summed E-state index contributed by atoms with van der Waals surface area (Å²) in [6.45, 7) is 10.2. The summed E-state index contributed by atoms with van der Waals surface area (Å²) >= 11 is 13.0. The van der Waals surface area contributed by atoms with E-state index in [1.807, 2.05) is 46.1 Å². The van der Waals surface area contributed by atoms with Crippen LogP contribution in [0, 0.1) is 17.1 Å². The number of pyridine rings is 1. The minimum Gasteiger partial charge on any atom is -0.373 e. The topological polar surface area (TPSA) is 115 Å². The molecule has 0 aliphatic carbocycles. The second-order valence-corrected chi connectivity index (χ2v) is 15.6. The van der Waals surface area contributed by atoms with Crippen molar-refractivity contribution in [3.05, 3.63) is 105 Å². The lowest BCUT2D eigenvalue weighted by molar-refractivity contribution is 0.0724. The maximum atomic E-state index is 14.0. The highest BCUT2D eigenvalue weighted by Gasteiger charge is 2.30. The standard InChI is InChI=1S/C40H42Cl2FN9O/c1-40(2,3)51-16-12-30(13-17-51)52-24-35(48-49-52)37(25-8-7-9-26(18-25)39(53)50-14-5-4-6-15-50)47-29-19-31-36(46-28-10-11-34(43)32(41)20-28)27(22-44)23-45-38(31)33(42)21-29/h7-11,18-21,23-24,30,37,47H,4-6,12-17H2,1-3H3,(H,45,46). The molecule has 4 heterocycles. The van der Waals surface area contributed by atoms with Crippen molar-refractivity contribution in [3.63, 3.8) is 0 Å². The number of carbonyl (C=O) groups excluding carboxylic acids is 1. The zero-order valence-corrected chi connectivity index (χ0v) is 31.6. The molecule has 5 aromatic rings. The van der Waals surface area contributed by atoms with E-state index in [4.69, 9.17) is 28.3 Å². The molecule has 1 unspecified atom stereocenters. The van der Waals surface area contributed by atoms with E-state index in [0.29, 0.717) is 44.2 Å². The van der Waals surface area contributed by atoms with E-state index in [0.717, 1.165) is 63.8 Å². The number of hydrogen-bond donors (Lipinski definition) is 2. The lowest BCUT2D eigenvalue weighted by Gasteiger charge is -2.40. The van der Waals surface area contributed by atoms with E-state index in [1.165, 1.54) is 18.3 Å². The number of halogens is 3. The van der Waals surface area contributed by atoms with Gasteiger partial charge in [0.05, 0.1) is 45.1 Å². The third kappa shape index (κ3) is 7.96. The molecule has 53 heavy (non-hydrogen) atoms. The van der Waals surface area contributed by atoms with Gasteiger partial charge in [0.15, 0.2) is 0 Å². The number of amides is 1. The number of nitrogens with one attached hydrogen (secondary N) is 2. The van der Waals surface area contributed by atoms with Crippen molar-refractivity contribution in [2.75, 3.05) is 36.8 Å². The largest absolute Gasteiger partial charge is 0.373 e. The number of anilines is 3. The molecule has 2 saturated heterocycles. The van der Waals surface area contributed by atoms with Gasteiger partial charge in [-0.15, -0.1) is 5.10 Å². The number of piperidine rings is 2. The summed E-state index contributed by atoms with van der Waals surface area (Å²) in [5.74, 6) is -0.535. The molecule has 7 rings (SSSR count). The Hall–Kier alpha value is -4.76. The highest BCUT2D eigenvalue weighted by molar-refractivity contribution is 6.36. The Morgan fingerprint density at radius 1 is 0.981 bits per heavy atom. The fraction of sp³-hybridized carbons (Fsp3) is 0.375. The molecule has 2 aromatic heterocycles. The van der Waals surface area contributed by atoms with Gasteiger partial charge in [0.2, 0.25) is 0 Å². The van der Waals surface area contributed by atoms with Crippen LogP contribution in [0.1, 0.15) is 92.1 Å². The van der Waals surface area contributed by atoms with Gasteiger partial charge in [0.25, 0.3) is 5.91 Å². The molecular weight excluding hydrogens is 712 g/mol. The first kappa shape index (κ1) is 36.6. The van der Waals surface area contributed by atoms with Crippen LogP contribution < -0.4 is 10.6 Å². The molecule has 1 atom stereocenters. The monoisotopic (exact) mass is 753 g/mol. The van der Waals surface area contributed by atoms with Crippen LogP contribution >= 0.6 is 23.2 Å². The predicted molar refractivity (Wildman–Crippen MR) is 207 cm³/mol. The summed E-state index contributed by atoms with van der Waals surface area (Å²) in [6.07, 6.45) is 8.51. The summed E-state index contributed by atoms with van der Waals surface area (Å²) in [4.78, 5) is 22.6. The van der Waals surface area contributed by atoms with Gasteiger partial charge in [-0.1, -0.05) is 40.5 Å². The molecule has 0 bridgehead atoms. The van der Waals surface area contributed by atoms with E-state index < -0.39 is 11.9 Å². The highest BCUT2D eigenvalue weighted by atomic mass is 35.5. The second kappa shape index (κ2) is 15.3. The number of fused-ring (bicyclic) bond motifs is 1. The summed E-state index contributed by atoms with van der Waals surface area (Å²) < 4.78 is 16.0. The number of nitrogens with zero attached hydrogens (tertiary/aromatic N) is 7. The van der Waals surface area contributed by atoms with Gasteiger partial charge in [0, 0.05) is 60.2 Å². The van der Waals surface area contributed by atoms with Crippen LogP contribution in [0.4, 0.5) is 21.5 Å². The third-order valence-corrected chi connectivity index (χ3v) is 10.8. The number of benzene rings is 3. The molecule has 274 valence electrons. The first-order chi connectivity index (χ1) is 25.5. The van der Waals surface area contributed by atoms with Gasteiger partial charge in [-0.25, -0.2) is 9.07 Å². The van der Waals surface area contributed by atoms with Crippen molar-refractivity contribution in [3.8, 4) is 6.07 Å². The average Bonchev–Trinajstić information content (AvgIpc) is 3.65. The number of aromatic nitrogens is 4. The molecule has 2 aliphatic heterocycles. The van der Waals surface area contributed by atoms with Crippen LogP contribution in [0.15, 0.2) is 67.0 Å². The van der Waals surface area contributed by atoms with E-state index in [2.05, 4.69) is 52.6 Å². The zero-order chi connectivity index (χ0) is 37.3. The van der Waals surface area contributed by atoms with Crippen molar-refractivity contribution in [1.29, 1.82) is 5.26 Å². The normalized spacial score (nSPS) is 16.4. The number of rotatable bonds is 8. The third-order valence-electron chi connectivity index (χ3n) is 10.3. The van der Waals surface area contributed by atoms with Gasteiger partial charge in [-0.3, -0.25) is 14.7 Å². The first-order valence-electron chi connectivity index (χ1n) is 18.1. The van der Waals surface area contributed by atoms with E-state index in [9.17, 15) is 14.4 Å². The number of nitriles is 1. The quantitative estimate of drug-likeness (QED) is 0.161. The molecule has 2 fully saturated rings. The zero-order valence-electron chi connectivity index (χ0n) is 30.0. The van der Waals surface area contributed by atoms with E-state index in [1.54, 1.807) is 12.1 Å². The van der Waals surface area contributed by atoms with Gasteiger partial charge >= 0.3 is 0 Å². The molecular formula is C40H42Cl2FN9O. The molecule has 0 spiro atoms. The Balaban J connectivity index is 1.27. The predicted octanol–water partition coefficient (Wildman–Crippen LogP) is 9.15. The van der Waals surface area contributed by atoms with E-state index in [-0.39, 0.29) is 28.1 Å². The SMILES string of the molecule is CC(C)(C)N1CCC(n2cc(C(Nc3cc(Cl)c4ncc(C#N)c(Nc5ccc(F)c(Cl)c5)c4c3)c3cccc(C(=O)N4CCCCC4)c3)nn2)CC1.